The Balaban J connectivity index is 3.16. The van der Waals surface area contributed by atoms with E-state index in [4.69, 9.17) is 14.6 Å². The van der Waals surface area contributed by atoms with E-state index in [1.807, 2.05) is 11.9 Å². The molecule has 0 fully saturated rings. The van der Waals surface area contributed by atoms with Crippen LogP contribution in [0.1, 0.15) is 12.8 Å². The molecular formula is C10H21NO4. The van der Waals surface area contributed by atoms with Crippen LogP contribution in [0.5, 0.6) is 0 Å². The fraction of sp³-hybridized carbons (Fsp3) is 0.900. The quantitative estimate of drug-likeness (QED) is 0.540. The van der Waals surface area contributed by atoms with Crippen LogP contribution in [-0.2, 0) is 14.3 Å². The number of rotatable bonds is 10. The van der Waals surface area contributed by atoms with Crippen molar-refractivity contribution in [1.29, 1.82) is 0 Å². The van der Waals surface area contributed by atoms with Gasteiger partial charge >= 0.3 is 5.97 Å². The summed E-state index contributed by atoms with van der Waals surface area (Å²) < 4.78 is 10.2. The van der Waals surface area contributed by atoms with Crippen molar-refractivity contribution in [3.05, 3.63) is 0 Å². The third-order valence-corrected chi connectivity index (χ3v) is 1.96. The van der Waals surface area contributed by atoms with E-state index in [2.05, 4.69) is 0 Å². The standard InChI is InChI=1S/C10H21NO4/c1-11(5-4-10(12)13)6-9-15-8-3-7-14-2/h3-9H2,1-2H3,(H,12,13). The first-order valence-corrected chi connectivity index (χ1v) is 5.14. The molecule has 0 heterocycles. The van der Waals surface area contributed by atoms with Crippen LogP contribution in [0.2, 0.25) is 0 Å². The maximum absolute atomic E-state index is 10.3. The number of nitrogens with zero attached hydrogens (tertiary/aromatic N) is 1. The highest BCUT2D eigenvalue weighted by molar-refractivity contribution is 5.66. The fourth-order valence-corrected chi connectivity index (χ4v) is 1.03. The average molecular weight is 219 g/mol. The molecule has 15 heavy (non-hydrogen) atoms. The Hall–Kier alpha value is -0.650. The number of carbonyl (C=O) groups is 1. The van der Waals surface area contributed by atoms with E-state index in [1.54, 1.807) is 7.11 Å². The van der Waals surface area contributed by atoms with Gasteiger partial charge in [-0.25, -0.2) is 0 Å². The van der Waals surface area contributed by atoms with E-state index in [0.717, 1.165) is 19.6 Å². The molecule has 0 aliphatic heterocycles. The predicted molar refractivity (Wildman–Crippen MR) is 57.1 cm³/mol. The van der Waals surface area contributed by atoms with Crippen LogP contribution in [0.15, 0.2) is 0 Å². The Bertz CT molecular complexity index is 164. The Labute approximate surface area is 91.0 Å². The molecule has 0 saturated heterocycles. The van der Waals surface area contributed by atoms with Gasteiger partial charge in [-0.3, -0.25) is 4.79 Å². The molecule has 0 spiro atoms. The highest BCUT2D eigenvalue weighted by Gasteiger charge is 2.01. The van der Waals surface area contributed by atoms with Crippen LogP contribution in [0.25, 0.3) is 0 Å². The van der Waals surface area contributed by atoms with Gasteiger partial charge in [-0.2, -0.15) is 0 Å². The van der Waals surface area contributed by atoms with Crippen LogP contribution in [0, 0.1) is 0 Å². The Morgan fingerprint density at radius 3 is 2.60 bits per heavy atom. The van der Waals surface area contributed by atoms with Crippen molar-refractivity contribution in [2.24, 2.45) is 0 Å². The van der Waals surface area contributed by atoms with E-state index in [-0.39, 0.29) is 6.42 Å². The molecule has 1 N–H and O–H groups in total. The second kappa shape index (κ2) is 9.89. The lowest BCUT2D eigenvalue weighted by Gasteiger charge is -2.15. The Morgan fingerprint density at radius 2 is 2.00 bits per heavy atom. The average Bonchev–Trinajstić information content (AvgIpc) is 2.20. The summed E-state index contributed by atoms with van der Waals surface area (Å²) in [5, 5.41) is 8.46. The van der Waals surface area contributed by atoms with Crippen LogP contribution in [0.3, 0.4) is 0 Å². The van der Waals surface area contributed by atoms with Gasteiger partial charge in [0.1, 0.15) is 0 Å². The van der Waals surface area contributed by atoms with E-state index >= 15 is 0 Å². The number of aliphatic carboxylic acids is 1. The second-order valence-electron chi connectivity index (χ2n) is 3.41. The molecule has 5 nitrogen and oxygen atoms in total. The summed E-state index contributed by atoms with van der Waals surface area (Å²) in [5.41, 5.74) is 0. The van der Waals surface area contributed by atoms with Crippen molar-refractivity contribution in [2.75, 3.05) is 47.1 Å². The minimum absolute atomic E-state index is 0.181. The minimum Gasteiger partial charge on any atom is -0.481 e. The van der Waals surface area contributed by atoms with Crippen molar-refractivity contribution in [1.82, 2.24) is 4.90 Å². The van der Waals surface area contributed by atoms with Gasteiger partial charge in [0.05, 0.1) is 13.0 Å². The molecule has 0 radical (unpaired) electrons. The van der Waals surface area contributed by atoms with Gasteiger partial charge in [0.2, 0.25) is 0 Å². The first-order chi connectivity index (χ1) is 7.16. The highest BCUT2D eigenvalue weighted by Crippen LogP contribution is 1.89. The fourth-order valence-electron chi connectivity index (χ4n) is 1.03. The van der Waals surface area contributed by atoms with Crippen LogP contribution in [-0.4, -0.2) is 63.0 Å². The van der Waals surface area contributed by atoms with Gasteiger partial charge in [0.15, 0.2) is 0 Å². The second-order valence-corrected chi connectivity index (χ2v) is 3.41. The topological polar surface area (TPSA) is 59.0 Å². The summed E-state index contributed by atoms with van der Waals surface area (Å²) in [6, 6.07) is 0. The largest absolute Gasteiger partial charge is 0.481 e. The van der Waals surface area contributed by atoms with Crippen molar-refractivity contribution in [3.8, 4) is 0 Å². The molecule has 90 valence electrons. The van der Waals surface area contributed by atoms with Gasteiger partial charge in [-0.1, -0.05) is 0 Å². The molecule has 0 aliphatic rings. The number of carboxylic acids is 1. The zero-order valence-electron chi connectivity index (χ0n) is 9.57. The van der Waals surface area contributed by atoms with Crippen LogP contribution in [0.4, 0.5) is 0 Å². The number of likely N-dealkylation sites (N-methyl/N-ethyl adjacent to an activating group) is 1. The van der Waals surface area contributed by atoms with Gasteiger partial charge in [0.25, 0.3) is 0 Å². The van der Waals surface area contributed by atoms with E-state index < -0.39 is 5.97 Å². The molecule has 0 atom stereocenters. The van der Waals surface area contributed by atoms with Crippen molar-refractivity contribution < 1.29 is 19.4 Å². The van der Waals surface area contributed by atoms with E-state index in [0.29, 0.717) is 19.8 Å². The lowest BCUT2D eigenvalue weighted by atomic mass is 10.4. The SMILES string of the molecule is COCCCOCCN(C)CCC(=O)O. The van der Waals surface area contributed by atoms with Crippen LogP contribution < -0.4 is 0 Å². The lowest BCUT2D eigenvalue weighted by molar-refractivity contribution is -0.137. The molecule has 0 aromatic rings. The summed E-state index contributed by atoms with van der Waals surface area (Å²) in [6.45, 7) is 3.38. The predicted octanol–water partition coefficient (Wildman–Crippen LogP) is 0.446. The first kappa shape index (κ1) is 14.3. The number of hydrogen-bond acceptors (Lipinski definition) is 4. The maximum atomic E-state index is 10.3. The lowest BCUT2D eigenvalue weighted by Crippen LogP contribution is -2.26. The van der Waals surface area contributed by atoms with E-state index in [9.17, 15) is 4.79 Å². The molecular weight excluding hydrogens is 198 g/mol. The molecule has 0 aliphatic carbocycles. The summed E-state index contributed by atoms with van der Waals surface area (Å²) in [6.07, 6.45) is 1.08. The molecule has 0 unspecified atom stereocenters. The number of methoxy groups -OCH3 is 1. The van der Waals surface area contributed by atoms with Crippen molar-refractivity contribution in [3.63, 3.8) is 0 Å². The summed E-state index contributed by atoms with van der Waals surface area (Å²) in [5.74, 6) is -0.761. The molecule has 0 aromatic carbocycles. The van der Waals surface area contributed by atoms with Gasteiger partial charge < -0.3 is 19.5 Å². The first-order valence-electron chi connectivity index (χ1n) is 5.14. The summed E-state index contributed by atoms with van der Waals surface area (Å²) >= 11 is 0. The third-order valence-electron chi connectivity index (χ3n) is 1.96. The zero-order valence-corrected chi connectivity index (χ0v) is 9.57. The monoisotopic (exact) mass is 219 g/mol. The van der Waals surface area contributed by atoms with Gasteiger partial charge in [0, 0.05) is 33.4 Å². The zero-order chi connectivity index (χ0) is 11.5. The van der Waals surface area contributed by atoms with Gasteiger partial charge in [-0.05, 0) is 13.5 Å². The van der Waals surface area contributed by atoms with Crippen LogP contribution >= 0.6 is 0 Å². The number of ether oxygens (including phenoxy) is 2. The molecule has 5 heteroatoms. The summed E-state index contributed by atoms with van der Waals surface area (Å²) in [7, 11) is 3.56. The van der Waals surface area contributed by atoms with Crippen molar-refractivity contribution >= 4 is 5.97 Å². The smallest absolute Gasteiger partial charge is 0.304 e. The number of hydrogen-bond donors (Lipinski definition) is 1. The molecule has 0 aromatic heterocycles. The summed E-state index contributed by atoms with van der Waals surface area (Å²) in [4.78, 5) is 12.2. The Morgan fingerprint density at radius 1 is 1.27 bits per heavy atom. The maximum Gasteiger partial charge on any atom is 0.304 e. The Kier molecular flexibility index (Phi) is 9.46. The van der Waals surface area contributed by atoms with E-state index in [1.165, 1.54) is 0 Å². The highest BCUT2D eigenvalue weighted by atomic mass is 16.5. The molecule has 0 bridgehead atoms. The molecule has 0 amide bonds. The normalized spacial score (nSPS) is 10.9. The minimum atomic E-state index is -0.761. The molecule has 0 saturated carbocycles. The molecule has 0 rings (SSSR count). The van der Waals surface area contributed by atoms with Gasteiger partial charge in [-0.15, -0.1) is 0 Å². The number of carboxylic acid groups (broad SMARTS) is 1. The van der Waals surface area contributed by atoms with Crippen molar-refractivity contribution in [2.45, 2.75) is 12.8 Å². The third kappa shape index (κ3) is 11.3.